The molecule has 2 rings (SSSR count). The van der Waals surface area contributed by atoms with Gasteiger partial charge in [-0.1, -0.05) is 23.7 Å². The van der Waals surface area contributed by atoms with Gasteiger partial charge in [0.05, 0.1) is 5.52 Å². The molecule has 0 fully saturated rings. The predicted octanol–water partition coefficient (Wildman–Crippen LogP) is 3.95. The van der Waals surface area contributed by atoms with Crippen molar-refractivity contribution in [2.45, 2.75) is 19.3 Å². The summed E-state index contributed by atoms with van der Waals surface area (Å²) < 4.78 is 50.9. The highest BCUT2D eigenvalue weighted by atomic mass is 35.5. The number of para-hydroxylation sites is 1. The third kappa shape index (κ3) is 2.01. The Balaban J connectivity index is 2.73. The number of aryl methyl sites for hydroxylation is 1. The lowest BCUT2D eigenvalue weighted by Gasteiger charge is -2.14. The molecule has 0 aliphatic heterocycles. The Morgan fingerprint density at radius 1 is 1.22 bits per heavy atom. The Labute approximate surface area is 105 Å². The smallest absolute Gasteiger partial charge is 0.226 e. The van der Waals surface area contributed by atoms with Gasteiger partial charge in [-0.25, -0.2) is 18.7 Å². The van der Waals surface area contributed by atoms with Crippen LogP contribution in [0, 0.1) is 6.92 Å². The van der Waals surface area contributed by atoms with Crippen molar-refractivity contribution < 1.29 is 17.6 Å². The van der Waals surface area contributed by atoms with E-state index in [1.807, 2.05) is 0 Å². The average molecular weight is 279 g/mol. The molecule has 0 bridgehead atoms. The lowest BCUT2D eigenvalue weighted by molar-refractivity contribution is -0.140. The van der Waals surface area contributed by atoms with Crippen LogP contribution in [-0.4, -0.2) is 16.4 Å². The van der Waals surface area contributed by atoms with Gasteiger partial charge in [-0.15, -0.1) is 0 Å². The Kier molecular flexibility index (Phi) is 3.14. The normalized spacial score (nSPS) is 12.4. The van der Waals surface area contributed by atoms with Gasteiger partial charge in [0.25, 0.3) is 0 Å². The Morgan fingerprint density at radius 2 is 1.89 bits per heavy atom. The van der Waals surface area contributed by atoms with E-state index < -0.39 is 18.2 Å². The van der Waals surface area contributed by atoms with Crippen LogP contribution in [0.5, 0.6) is 0 Å². The van der Waals surface area contributed by atoms with E-state index in [-0.39, 0.29) is 10.7 Å². The Bertz CT molecular complexity index is 601. The second-order valence-corrected chi connectivity index (χ2v) is 4.09. The fourth-order valence-corrected chi connectivity index (χ4v) is 1.74. The molecule has 0 aliphatic carbocycles. The molecule has 2 aromatic rings. The largest absolute Gasteiger partial charge is 0.365 e. The number of rotatable bonds is 2. The fraction of sp³-hybridized carbons (Fsp3) is 0.273. The van der Waals surface area contributed by atoms with Crippen LogP contribution < -0.4 is 0 Å². The highest BCUT2D eigenvalue weighted by Crippen LogP contribution is 2.34. The first kappa shape index (κ1) is 13.0. The molecule has 96 valence electrons. The van der Waals surface area contributed by atoms with Gasteiger partial charge in [0, 0.05) is 5.39 Å². The Morgan fingerprint density at radius 3 is 2.50 bits per heavy atom. The molecule has 18 heavy (non-hydrogen) atoms. The van der Waals surface area contributed by atoms with Crippen LogP contribution >= 0.6 is 11.6 Å². The van der Waals surface area contributed by atoms with Crippen molar-refractivity contribution in [3.05, 3.63) is 34.7 Å². The van der Waals surface area contributed by atoms with E-state index in [9.17, 15) is 17.6 Å². The van der Waals surface area contributed by atoms with Gasteiger partial charge < -0.3 is 0 Å². The van der Waals surface area contributed by atoms with Crippen LogP contribution in [0.15, 0.2) is 18.2 Å². The van der Waals surface area contributed by atoms with E-state index in [1.54, 1.807) is 19.1 Å². The van der Waals surface area contributed by atoms with Gasteiger partial charge in [0.15, 0.2) is 0 Å². The lowest BCUT2D eigenvalue weighted by Crippen LogP contribution is -2.26. The van der Waals surface area contributed by atoms with Crippen molar-refractivity contribution in [3.63, 3.8) is 0 Å². The van der Waals surface area contributed by atoms with E-state index >= 15 is 0 Å². The first-order chi connectivity index (χ1) is 8.34. The van der Waals surface area contributed by atoms with E-state index in [4.69, 9.17) is 11.6 Å². The maximum Gasteiger partial charge on any atom is 0.365 e. The van der Waals surface area contributed by atoms with E-state index in [2.05, 4.69) is 9.97 Å². The topological polar surface area (TPSA) is 25.8 Å². The SMILES string of the molecule is Cc1cccc2c(Cl)nc(C(F)(F)C(F)F)nc12. The zero-order valence-electron chi connectivity index (χ0n) is 9.09. The van der Waals surface area contributed by atoms with Gasteiger partial charge in [0.2, 0.25) is 5.82 Å². The highest BCUT2D eigenvalue weighted by molar-refractivity contribution is 6.34. The van der Waals surface area contributed by atoms with E-state index in [1.165, 1.54) is 6.07 Å². The molecule has 0 amide bonds. The molecular weight excluding hydrogens is 272 g/mol. The van der Waals surface area contributed by atoms with Crippen LogP contribution in [0.25, 0.3) is 10.9 Å². The molecule has 1 aromatic heterocycles. The number of benzene rings is 1. The minimum atomic E-state index is -4.42. The molecule has 2 nitrogen and oxygen atoms in total. The van der Waals surface area contributed by atoms with Crippen molar-refractivity contribution in [1.82, 2.24) is 9.97 Å². The summed E-state index contributed by atoms with van der Waals surface area (Å²) in [5, 5.41) is 0.0875. The molecule has 0 aliphatic rings. The number of aromatic nitrogens is 2. The molecule has 1 heterocycles. The van der Waals surface area contributed by atoms with Crippen molar-refractivity contribution in [3.8, 4) is 0 Å². The van der Waals surface area contributed by atoms with Gasteiger partial charge >= 0.3 is 12.3 Å². The number of hydrogen-bond acceptors (Lipinski definition) is 2. The number of fused-ring (bicyclic) bond motifs is 1. The van der Waals surface area contributed by atoms with Crippen LogP contribution in [-0.2, 0) is 5.92 Å². The molecule has 1 aromatic carbocycles. The van der Waals surface area contributed by atoms with Crippen molar-refractivity contribution >= 4 is 22.5 Å². The van der Waals surface area contributed by atoms with Crippen LogP contribution in [0.1, 0.15) is 11.4 Å². The summed E-state index contributed by atoms with van der Waals surface area (Å²) in [6.45, 7) is 1.62. The summed E-state index contributed by atoms with van der Waals surface area (Å²) in [5.41, 5.74) is 0.705. The van der Waals surface area contributed by atoms with E-state index in [0.717, 1.165) is 0 Å². The number of halogens is 5. The first-order valence-electron chi connectivity index (χ1n) is 4.93. The maximum absolute atomic E-state index is 13.2. The monoisotopic (exact) mass is 278 g/mol. The van der Waals surface area contributed by atoms with Crippen molar-refractivity contribution in [1.29, 1.82) is 0 Å². The second-order valence-electron chi connectivity index (χ2n) is 3.73. The summed E-state index contributed by atoms with van der Waals surface area (Å²) >= 11 is 5.72. The predicted molar refractivity (Wildman–Crippen MR) is 59.2 cm³/mol. The molecule has 0 radical (unpaired) electrons. The van der Waals surface area contributed by atoms with Crippen LogP contribution in [0.3, 0.4) is 0 Å². The van der Waals surface area contributed by atoms with Gasteiger partial charge in [-0.05, 0) is 18.6 Å². The van der Waals surface area contributed by atoms with Gasteiger partial charge in [-0.2, -0.15) is 8.78 Å². The molecule has 0 spiro atoms. The summed E-state index contributed by atoms with van der Waals surface area (Å²) in [6.07, 6.45) is -3.88. The summed E-state index contributed by atoms with van der Waals surface area (Å²) in [5.74, 6) is -5.68. The zero-order valence-corrected chi connectivity index (χ0v) is 9.85. The molecule has 7 heteroatoms. The lowest BCUT2D eigenvalue weighted by atomic mass is 10.1. The van der Waals surface area contributed by atoms with Crippen LogP contribution in [0.2, 0.25) is 5.15 Å². The summed E-state index contributed by atoms with van der Waals surface area (Å²) in [6, 6.07) is 4.81. The first-order valence-corrected chi connectivity index (χ1v) is 5.31. The molecule has 0 N–H and O–H groups in total. The second kappa shape index (κ2) is 4.35. The molecule has 0 unspecified atom stereocenters. The highest BCUT2D eigenvalue weighted by Gasteiger charge is 2.46. The summed E-state index contributed by atoms with van der Waals surface area (Å²) in [4.78, 5) is 6.76. The standard InChI is InChI=1S/C11H7ClF4N2/c1-5-3-2-4-6-7(5)17-10(18-8(6)12)11(15,16)9(13)14/h2-4,9H,1H3. The zero-order chi connectivity index (χ0) is 13.5. The third-order valence-corrected chi connectivity index (χ3v) is 2.74. The molecule has 0 atom stereocenters. The van der Waals surface area contributed by atoms with E-state index in [0.29, 0.717) is 10.9 Å². The number of nitrogens with zero attached hydrogens (tertiary/aromatic N) is 2. The quantitative estimate of drug-likeness (QED) is 0.614. The van der Waals surface area contributed by atoms with Crippen LogP contribution in [0.4, 0.5) is 17.6 Å². The minimum absolute atomic E-state index is 0.146. The minimum Gasteiger partial charge on any atom is -0.226 e. The maximum atomic E-state index is 13.2. The average Bonchev–Trinajstić information content (AvgIpc) is 2.30. The third-order valence-electron chi connectivity index (χ3n) is 2.45. The van der Waals surface area contributed by atoms with Crippen molar-refractivity contribution in [2.75, 3.05) is 0 Å². The number of hydrogen-bond donors (Lipinski definition) is 0. The van der Waals surface area contributed by atoms with Gasteiger partial charge in [0.1, 0.15) is 5.15 Å². The molecular formula is C11H7ClF4N2. The summed E-state index contributed by atoms with van der Waals surface area (Å²) in [7, 11) is 0. The molecule has 0 saturated heterocycles. The van der Waals surface area contributed by atoms with Crippen molar-refractivity contribution in [2.24, 2.45) is 0 Å². The van der Waals surface area contributed by atoms with Gasteiger partial charge in [-0.3, -0.25) is 0 Å². The Hall–Kier alpha value is -1.43. The molecule has 0 saturated carbocycles. The fourth-order valence-electron chi connectivity index (χ4n) is 1.50. The number of alkyl halides is 4.